The van der Waals surface area contributed by atoms with Crippen molar-refractivity contribution in [1.82, 2.24) is 0 Å². The molecule has 5 nitrogen and oxygen atoms in total. The Morgan fingerprint density at radius 1 is 1.30 bits per heavy atom. The van der Waals surface area contributed by atoms with Crippen LogP contribution in [0.5, 0.6) is 5.75 Å². The second kappa shape index (κ2) is 5.71. The second-order valence-corrected chi connectivity index (χ2v) is 6.97. The minimum atomic E-state index is -3.80. The van der Waals surface area contributed by atoms with Crippen molar-refractivity contribution in [2.45, 2.75) is 36.5 Å². The third-order valence-electron chi connectivity index (χ3n) is 3.98. The molecule has 2 N–H and O–H groups in total. The van der Waals surface area contributed by atoms with Gasteiger partial charge >= 0.3 is 0 Å². The number of ether oxygens (including phenoxy) is 2. The summed E-state index contributed by atoms with van der Waals surface area (Å²) in [4.78, 5) is 0.0453. The molecule has 1 saturated heterocycles. The lowest BCUT2D eigenvalue weighted by Gasteiger charge is -2.28. The van der Waals surface area contributed by atoms with E-state index in [9.17, 15) is 8.42 Å². The van der Waals surface area contributed by atoms with Gasteiger partial charge in [0, 0.05) is 13.2 Å². The maximum Gasteiger partial charge on any atom is 0.241 e. The van der Waals surface area contributed by atoms with Gasteiger partial charge in [-0.2, -0.15) is 0 Å². The highest BCUT2D eigenvalue weighted by molar-refractivity contribution is 7.89. The lowest BCUT2D eigenvalue weighted by atomic mass is 9.76. The Kier molecular flexibility index (Phi) is 4.36. The van der Waals surface area contributed by atoms with Crippen LogP contribution in [0.1, 0.15) is 31.7 Å². The molecule has 1 aliphatic rings. The summed E-state index contributed by atoms with van der Waals surface area (Å²) in [6, 6.07) is 5.23. The van der Waals surface area contributed by atoms with E-state index in [-0.39, 0.29) is 16.1 Å². The van der Waals surface area contributed by atoms with Gasteiger partial charge in [-0.3, -0.25) is 0 Å². The first-order valence-electron chi connectivity index (χ1n) is 6.66. The third kappa shape index (κ3) is 3.13. The maximum absolute atomic E-state index is 11.7. The summed E-state index contributed by atoms with van der Waals surface area (Å²) in [6.07, 6.45) is 2.79. The Morgan fingerprint density at radius 2 is 2.05 bits per heavy atom. The molecule has 1 aromatic carbocycles. The van der Waals surface area contributed by atoms with Crippen molar-refractivity contribution >= 4 is 10.0 Å². The van der Waals surface area contributed by atoms with Crippen molar-refractivity contribution < 1.29 is 17.9 Å². The van der Waals surface area contributed by atoms with Crippen LogP contribution < -0.4 is 9.88 Å². The molecule has 1 unspecified atom stereocenters. The number of primary sulfonamides is 1. The summed E-state index contributed by atoms with van der Waals surface area (Å²) >= 11 is 0. The Labute approximate surface area is 120 Å². The van der Waals surface area contributed by atoms with Crippen LogP contribution in [0.3, 0.4) is 0 Å². The molecule has 0 aliphatic carbocycles. The number of sulfonamides is 1. The van der Waals surface area contributed by atoms with Crippen LogP contribution in [0.25, 0.3) is 0 Å². The average molecular weight is 299 g/mol. The maximum atomic E-state index is 11.7. The molecule has 1 atom stereocenters. The van der Waals surface area contributed by atoms with Crippen LogP contribution in [0.4, 0.5) is 0 Å². The normalized spacial score (nSPS) is 24.1. The molecule has 2 rings (SSSR count). The summed E-state index contributed by atoms with van der Waals surface area (Å²) in [5, 5.41) is 5.27. The minimum absolute atomic E-state index is 0.0453. The average Bonchev–Trinajstić information content (AvgIpc) is 2.63. The molecule has 1 heterocycles. The summed E-state index contributed by atoms with van der Waals surface area (Å²) in [7, 11) is -2.36. The largest absolute Gasteiger partial charge is 0.495 e. The lowest BCUT2D eigenvalue weighted by molar-refractivity contribution is 0.140. The first-order valence-corrected chi connectivity index (χ1v) is 8.20. The van der Waals surface area contributed by atoms with Gasteiger partial charge in [0.2, 0.25) is 10.0 Å². The summed E-state index contributed by atoms with van der Waals surface area (Å²) in [5.74, 6) is 0.282. The van der Waals surface area contributed by atoms with Crippen LogP contribution in [0.2, 0.25) is 0 Å². The molecule has 1 aliphatic heterocycles. The molecule has 0 aromatic heterocycles. The number of rotatable bonds is 3. The predicted octanol–water partition coefficient (Wildman–Crippen LogP) is 1.80. The molecule has 20 heavy (non-hydrogen) atoms. The van der Waals surface area contributed by atoms with Gasteiger partial charge in [-0.05, 0) is 42.4 Å². The zero-order valence-corrected chi connectivity index (χ0v) is 12.7. The van der Waals surface area contributed by atoms with E-state index in [4.69, 9.17) is 14.6 Å². The van der Waals surface area contributed by atoms with Gasteiger partial charge in [0.05, 0.1) is 7.11 Å². The smallest absolute Gasteiger partial charge is 0.241 e. The number of hydrogen-bond donors (Lipinski definition) is 1. The molecule has 0 bridgehead atoms. The van der Waals surface area contributed by atoms with Gasteiger partial charge in [-0.1, -0.05) is 13.0 Å². The Hall–Kier alpha value is -1.11. The van der Waals surface area contributed by atoms with E-state index in [0.29, 0.717) is 6.61 Å². The van der Waals surface area contributed by atoms with Crippen molar-refractivity contribution in [3.8, 4) is 5.75 Å². The molecule has 0 saturated carbocycles. The predicted molar refractivity (Wildman–Crippen MR) is 76.4 cm³/mol. The van der Waals surface area contributed by atoms with Gasteiger partial charge in [0.25, 0.3) is 0 Å². The Morgan fingerprint density at radius 3 is 2.70 bits per heavy atom. The SMILES string of the molecule is COc1ccc(C2(C)CCCOCC2)cc1S(N)(=O)=O. The minimum Gasteiger partial charge on any atom is -0.495 e. The quantitative estimate of drug-likeness (QED) is 0.923. The number of hydrogen-bond acceptors (Lipinski definition) is 4. The van der Waals surface area contributed by atoms with E-state index in [1.807, 2.05) is 6.07 Å². The van der Waals surface area contributed by atoms with Gasteiger partial charge < -0.3 is 9.47 Å². The van der Waals surface area contributed by atoms with Crippen LogP contribution >= 0.6 is 0 Å². The molecule has 6 heteroatoms. The van der Waals surface area contributed by atoms with Gasteiger partial charge in [-0.25, -0.2) is 13.6 Å². The molecule has 1 fully saturated rings. The van der Waals surface area contributed by atoms with E-state index in [0.717, 1.165) is 31.4 Å². The third-order valence-corrected chi connectivity index (χ3v) is 4.91. The molecule has 0 amide bonds. The first-order chi connectivity index (χ1) is 9.37. The second-order valence-electron chi connectivity index (χ2n) is 5.44. The monoisotopic (exact) mass is 299 g/mol. The van der Waals surface area contributed by atoms with E-state index < -0.39 is 10.0 Å². The standard InChI is InChI=1S/C14H21NO4S/c1-14(6-3-8-19-9-7-14)11-4-5-12(18-2)13(10-11)20(15,16)17/h4-5,10H,3,6-9H2,1-2H3,(H2,15,16,17). The van der Waals surface area contributed by atoms with Crippen molar-refractivity contribution in [3.05, 3.63) is 23.8 Å². The molecular weight excluding hydrogens is 278 g/mol. The van der Waals surface area contributed by atoms with Crippen LogP contribution in [-0.2, 0) is 20.2 Å². The fraction of sp³-hybridized carbons (Fsp3) is 0.571. The van der Waals surface area contributed by atoms with E-state index in [2.05, 4.69) is 6.92 Å². The fourth-order valence-corrected chi connectivity index (χ4v) is 3.38. The van der Waals surface area contributed by atoms with E-state index >= 15 is 0 Å². The highest BCUT2D eigenvalue weighted by Crippen LogP contribution is 2.37. The lowest BCUT2D eigenvalue weighted by Crippen LogP contribution is -2.23. The number of benzene rings is 1. The highest BCUT2D eigenvalue weighted by atomic mass is 32.2. The van der Waals surface area contributed by atoms with Gasteiger partial charge in [-0.15, -0.1) is 0 Å². The van der Waals surface area contributed by atoms with Crippen LogP contribution in [-0.4, -0.2) is 28.7 Å². The van der Waals surface area contributed by atoms with Crippen molar-refractivity contribution in [2.24, 2.45) is 5.14 Å². The van der Waals surface area contributed by atoms with Crippen molar-refractivity contribution in [2.75, 3.05) is 20.3 Å². The van der Waals surface area contributed by atoms with Crippen LogP contribution in [0.15, 0.2) is 23.1 Å². The zero-order valence-electron chi connectivity index (χ0n) is 11.9. The van der Waals surface area contributed by atoms with Gasteiger partial charge in [0.15, 0.2) is 0 Å². The fourth-order valence-electron chi connectivity index (χ4n) is 2.65. The molecule has 1 aromatic rings. The topological polar surface area (TPSA) is 78.6 Å². The molecule has 112 valence electrons. The van der Waals surface area contributed by atoms with E-state index in [1.54, 1.807) is 12.1 Å². The first kappa shape index (κ1) is 15.3. The molecule has 0 spiro atoms. The highest BCUT2D eigenvalue weighted by Gasteiger charge is 2.30. The summed E-state index contributed by atoms with van der Waals surface area (Å²) in [5.41, 5.74) is 0.871. The van der Waals surface area contributed by atoms with Crippen molar-refractivity contribution in [1.29, 1.82) is 0 Å². The van der Waals surface area contributed by atoms with Crippen molar-refractivity contribution in [3.63, 3.8) is 0 Å². The number of nitrogens with two attached hydrogens (primary N) is 1. The Bertz CT molecular complexity index is 575. The summed E-state index contributed by atoms with van der Waals surface area (Å²) in [6.45, 7) is 3.58. The van der Waals surface area contributed by atoms with Gasteiger partial charge in [0.1, 0.15) is 10.6 Å². The Balaban J connectivity index is 2.47. The summed E-state index contributed by atoms with van der Waals surface area (Å²) < 4.78 is 34.0. The zero-order chi connectivity index (χ0) is 14.8. The van der Waals surface area contributed by atoms with E-state index in [1.165, 1.54) is 7.11 Å². The molecule has 0 radical (unpaired) electrons. The van der Waals surface area contributed by atoms with Crippen LogP contribution in [0, 0.1) is 0 Å². The number of methoxy groups -OCH3 is 1. The molecular formula is C14H21NO4S.